The summed E-state index contributed by atoms with van der Waals surface area (Å²) in [5.74, 6) is 1.17. The highest BCUT2D eigenvalue weighted by molar-refractivity contribution is 5.96. The number of hydrogen-bond acceptors (Lipinski definition) is 6. The molecule has 2 aromatic carbocycles. The normalized spacial score (nSPS) is 20.5. The number of hydrogen-bond donors (Lipinski definition) is 2. The van der Waals surface area contributed by atoms with Gasteiger partial charge in [0.25, 0.3) is 5.91 Å². The zero-order valence-electron chi connectivity index (χ0n) is 20.2. The first-order valence-corrected chi connectivity index (χ1v) is 12.2. The number of rotatable bonds is 7. The largest absolute Gasteiger partial charge is 0.435 e. The van der Waals surface area contributed by atoms with Crippen molar-refractivity contribution in [1.29, 1.82) is 0 Å². The molecule has 4 heterocycles. The second-order valence-electron chi connectivity index (χ2n) is 9.56. The highest BCUT2D eigenvalue weighted by Gasteiger charge is 2.38. The third kappa shape index (κ3) is 4.60. The Hall–Kier alpha value is -4.05. The van der Waals surface area contributed by atoms with E-state index >= 15 is 0 Å². The molecule has 2 fully saturated rings. The van der Waals surface area contributed by atoms with E-state index in [1.807, 2.05) is 29.5 Å². The molecule has 2 N–H and O–H groups in total. The second kappa shape index (κ2) is 9.44. The summed E-state index contributed by atoms with van der Waals surface area (Å²) in [5.41, 5.74) is 4.51. The SMILES string of the molecule is Cc1cc(Nc2nccn3c(-c4ccc(OC(F)F)cc4)cnc23)ccc1C(=O)NC1CN2CCC1C2. The lowest BCUT2D eigenvalue weighted by molar-refractivity contribution is -0.0498. The molecular formula is C27H26F2N6O2. The maximum Gasteiger partial charge on any atom is 0.387 e. The molecule has 3 unspecified atom stereocenters. The molecule has 0 spiro atoms. The Kier molecular flexibility index (Phi) is 5.96. The van der Waals surface area contributed by atoms with Crippen molar-refractivity contribution in [3.05, 3.63) is 72.2 Å². The Morgan fingerprint density at radius 1 is 1.14 bits per heavy atom. The number of nitrogens with one attached hydrogen (secondary N) is 2. The van der Waals surface area contributed by atoms with Crippen LogP contribution in [0.1, 0.15) is 22.3 Å². The molecule has 0 aliphatic carbocycles. The van der Waals surface area contributed by atoms with Crippen molar-refractivity contribution in [3.63, 3.8) is 0 Å². The molecular weight excluding hydrogens is 478 g/mol. The quantitative estimate of drug-likeness (QED) is 0.386. The van der Waals surface area contributed by atoms with Crippen molar-refractivity contribution in [2.75, 3.05) is 25.0 Å². The van der Waals surface area contributed by atoms with Gasteiger partial charge >= 0.3 is 6.61 Å². The predicted molar refractivity (Wildman–Crippen MR) is 135 cm³/mol. The maximum absolute atomic E-state index is 12.9. The highest BCUT2D eigenvalue weighted by atomic mass is 19.3. The summed E-state index contributed by atoms with van der Waals surface area (Å²) in [6.45, 7) is 2.21. The number of ether oxygens (including phenoxy) is 1. The van der Waals surface area contributed by atoms with Crippen LogP contribution in [0.25, 0.3) is 16.9 Å². The molecule has 2 aliphatic heterocycles. The molecule has 10 heteroatoms. The number of carbonyl (C=O) groups is 1. The number of aromatic nitrogens is 3. The fourth-order valence-corrected chi connectivity index (χ4v) is 5.35. The van der Waals surface area contributed by atoms with Crippen LogP contribution < -0.4 is 15.4 Å². The topological polar surface area (TPSA) is 83.8 Å². The fraction of sp³-hybridized carbons (Fsp3) is 0.296. The number of nitrogens with zero attached hydrogens (tertiary/aromatic N) is 4. The van der Waals surface area contributed by atoms with Crippen LogP contribution in [0.5, 0.6) is 5.75 Å². The number of alkyl halides is 2. The number of halogens is 2. The van der Waals surface area contributed by atoms with E-state index < -0.39 is 6.61 Å². The van der Waals surface area contributed by atoms with E-state index in [0.717, 1.165) is 48.6 Å². The van der Waals surface area contributed by atoms with Gasteiger partial charge in [0.2, 0.25) is 0 Å². The maximum atomic E-state index is 12.9. The van der Waals surface area contributed by atoms with Crippen LogP contribution >= 0.6 is 0 Å². The molecule has 2 bridgehead atoms. The molecule has 6 rings (SSSR count). The van der Waals surface area contributed by atoms with Crippen LogP contribution in [0.15, 0.2) is 61.1 Å². The summed E-state index contributed by atoms with van der Waals surface area (Å²) in [4.78, 5) is 24.3. The van der Waals surface area contributed by atoms with Gasteiger partial charge in [0, 0.05) is 48.3 Å². The molecule has 1 amide bonds. The van der Waals surface area contributed by atoms with E-state index in [4.69, 9.17) is 0 Å². The zero-order valence-corrected chi connectivity index (χ0v) is 20.2. The van der Waals surface area contributed by atoms with Crippen molar-refractivity contribution in [2.24, 2.45) is 5.92 Å². The smallest absolute Gasteiger partial charge is 0.387 e. The number of fused-ring (bicyclic) bond motifs is 3. The zero-order chi connectivity index (χ0) is 25.5. The Morgan fingerprint density at radius 2 is 1.97 bits per heavy atom. The average Bonchev–Trinajstić information content (AvgIpc) is 3.61. The van der Waals surface area contributed by atoms with Crippen LogP contribution in [0.3, 0.4) is 0 Å². The lowest BCUT2D eigenvalue weighted by Crippen LogP contribution is -2.43. The predicted octanol–water partition coefficient (Wildman–Crippen LogP) is 4.48. The molecule has 190 valence electrons. The van der Waals surface area contributed by atoms with Gasteiger partial charge in [-0.25, -0.2) is 9.97 Å². The lowest BCUT2D eigenvalue weighted by atomic mass is 9.99. The lowest BCUT2D eigenvalue weighted by Gasteiger charge is -2.23. The summed E-state index contributed by atoms with van der Waals surface area (Å²) >= 11 is 0. The van der Waals surface area contributed by atoms with Crippen molar-refractivity contribution < 1.29 is 18.3 Å². The van der Waals surface area contributed by atoms with E-state index in [2.05, 4.69) is 30.2 Å². The first-order valence-electron chi connectivity index (χ1n) is 12.2. The molecule has 2 saturated heterocycles. The number of anilines is 2. The number of imidazole rings is 1. The Bertz CT molecular complexity index is 1460. The number of amides is 1. The number of aryl methyl sites for hydroxylation is 1. The minimum atomic E-state index is -2.87. The van der Waals surface area contributed by atoms with Crippen LogP contribution in [0.2, 0.25) is 0 Å². The third-order valence-corrected chi connectivity index (χ3v) is 7.19. The van der Waals surface area contributed by atoms with Gasteiger partial charge in [-0.3, -0.25) is 9.20 Å². The molecule has 8 nitrogen and oxygen atoms in total. The van der Waals surface area contributed by atoms with Gasteiger partial charge in [-0.05, 0) is 73.8 Å². The van der Waals surface area contributed by atoms with Gasteiger partial charge in [0.15, 0.2) is 11.5 Å². The van der Waals surface area contributed by atoms with Crippen molar-refractivity contribution in [2.45, 2.75) is 26.0 Å². The fourth-order valence-electron chi connectivity index (χ4n) is 5.35. The van der Waals surface area contributed by atoms with Gasteiger partial charge in [-0.1, -0.05) is 0 Å². The average molecular weight is 505 g/mol. The summed E-state index contributed by atoms with van der Waals surface area (Å²) < 4.78 is 31.2. The van der Waals surface area contributed by atoms with E-state index in [-0.39, 0.29) is 17.7 Å². The summed E-state index contributed by atoms with van der Waals surface area (Å²) in [6.07, 6.45) is 6.31. The van der Waals surface area contributed by atoms with Crippen LogP contribution in [0, 0.1) is 12.8 Å². The van der Waals surface area contributed by atoms with Crippen molar-refractivity contribution in [3.8, 4) is 17.0 Å². The number of benzene rings is 2. The number of carbonyl (C=O) groups excluding carboxylic acids is 1. The Balaban J connectivity index is 1.19. The molecule has 4 aromatic rings. The molecule has 37 heavy (non-hydrogen) atoms. The Labute approximate surface area is 212 Å². The summed E-state index contributed by atoms with van der Waals surface area (Å²) in [7, 11) is 0. The van der Waals surface area contributed by atoms with E-state index in [1.165, 1.54) is 12.1 Å². The monoisotopic (exact) mass is 504 g/mol. The summed E-state index contributed by atoms with van der Waals surface area (Å²) in [6, 6.07) is 12.3. The molecule has 2 aliphatic rings. The minimum Gasteiger partial charge on any atom is -0.435 e. The standard InChI is InChI=1S/C27H26F2N6O2/c1-16-12-19(4-7-21(16)26(36)33-22-15-34-10-8-18(22)14-34)32-24-25-31-13-23(35(25)11-9-30-24)17-2-5-20(6-3-17)37-27(28)29/h2-7,9,11-13,18,22,27H,8,10,14-15H2,1H3,(H,30,32)(H,33,36). The van der Waals surface area contributed by atoms with Crippen LogP contribution in [-0.2, 0) is 0 Å². The van der Waals surface area contributed by atoms with Gasteiger partial charge in [0.05, 0.1) is 11.9 Å². The van der Waals surface area contributed by atoms with Gasteiger partial charge in [-0.15, -0.1) is 0 Å². The highest BCUT2D eigenvalue weighted by Crippen LogP contribution is 2.29. The Morgan fingerprint density at radius 3 is 2.68 bits per heavy atom. The summed E-state index contributed by atoms with van der Waals surface area (Å²) in [5, 5.41) is 6.53. The van der Waals surface area contributed by atoms with Crippen LogP contribution in [-0.4, -0.2) is 57.5 Å². The van der Waals surface area contributed by atoms with Crippen molar-refractivity contribution in [1.82, 2.24) is 24.6 Å². The molecule has 0 saturated carbocycles. The molecule has 3 atom stereocenters. The number of piperidine rings is 1. The first kappa shape index (κ1) is 23.4. The molecule has 0 radical (unpaired) electrons. The van der Waals surface area contributed by atoms with E-state index in [0.29, 0.717) is 22.9 Å². The van der Waals surface area contributed by atoms with Crippen LogP contribution in [0.4, 0.5) is 20.3 Å². The van der Waals surface area contributed by atoms with E-state index in [9.17, 15) is 13.6 Å². The van der Waals surface area contributed by atoms with Gasteiger partial charge in [-0.2, -0.15) is 8.78 Å². The minimum absolute atomic E-state index is 0.0362. The molecule has 2 aromatic heterocycles. The van der Waals surface area contributed by atoms with Gasteiger partial charge < -0.3 is 20.3 Å². The second-order valence-corrected chi connectivity index (χ2v) is 9.56. The van der Waals surface area contributed by atoms with E-state index in [1.54, 1.807) is 30.7 Å². The van der Waals surface area contributed by atoms with Gasteiger partial charge in [0.1, 0.15) is 5.75 Å². The van der Waals surface area contributed by atoms with Crippen molar-refractivity contribution >= 4 is 23.1 Å². The first-order chi connectivity index (χ1) is 17.9. The third-order valence-electron chi connectivity index (χ3n) is 7.19.